The first-order valence-electron chi connectivity index (χ1n) is 6.78. The molecule has 3 nitrogen and oxygen atoms in total. The molecule has 1 atom stereocenters. The molecule has 0 fully saturated rings. The highest BCUT2D eigenvalue weighted by Crippen LogP contribution is 2.16. The molecule has 2 aromatic rings. The summed E-state index contributed by atoms with van der Waals surface area (Å²) in [4.78, 5) is 12.2. The molecule has 0 aliphatic heterocycles. The molecule has 0 saturated heterocycles. The number of amides is 1. The van der Waals surface area contributed by atoms with Crippen molar-refractivity contribution < 1.29 is 9.53 Å². The molecule has 0 aromatic heterocycles. The molecule has 104 valence electrons. The van der Waals surface area contributed by atoms with Crippen LogP contribution < -0.4 is 10.1 Å². The molecule has 3 heteroatoms. The lowest BCUT2D eigenvalue weighted by molar-refractivity contribution is -0.122. The second-order valence-electron chi connectivity index (χ2n) is 4.69. The van der Waals surface area contributed by atoms with Crippen molar-refractivity contribution in [2.75, 3.05) is 5.32 Å². The molecular weight excluding hydrogens is 250 g/mol. The Kier molecular flexibility index (Phi) is 4.77. The van der Waals surface area contributed by atoms with Gasteiger partial charge in [0, 0.05) is 5.69 Å². The van der Waals surface area contributed by atoms with E-state index >= 15 is 0 Å². The predicted octanol–water partition coefficient (Wildman–Crippen LogP) is 3.79. The van der Waals surface area contributed by atoms with Crippen LogP contribution in [0.4, 0.5) is 5.69 Å². The van der Waals surface area contributed by atoms with Gasteiger partial charge in [0.05, 0.1) is 0 Å². The summed E-state index contributed by atoms with van der Waals surface area (Å²) in [6.07, 6.45) is 0.129. The summed E-state index contributed by atoms with van der Waals surface area (Å²) in [5, 5.41) is 2.86. The Bertz CT molecular complexity index is 566. The second-order valence-corrected chi connectivity index (χ2v) is 4.69. The molecule has 0 saturated carbocycles. The minimum absolute atomic E-state index is 0.125. The number of carbonyl (C=O) groups is 1. The number of nitrogens with one attached hydrogen (secondary N) is 1. The Balaban J connectivity index is 2.02. The van der Waals surface area contributed by atoms with E-state index in [4.69, 9.17) is 4.74 Å². The Labute approximate surface area is 119 Å². The molecule has 0 bridgehead atoms. The third-order valence-corrected chi connectivity index (χ3v) is 2.97. The molecule has 0 spiro atoms. The maximum absolute atomic E-state index is 12.2. The highest BCUT2D eigenvalue weighted by atomic mass is 16.5. The van der Waals surface area contributed by atoms with Gasteiger partial charge in [-0.25, -0.2) is 0 Å². The van der Waals surface area contributed by atoms with Gasteiger partial charge in [0.15, 0.2) is 6.10 Å². The predicted molar refractivity (Wildman–Crippen MR) is 81.0 cm³/mol. The molecule has 2 aromatic carbocycles. The van der Waals surface area contributed by atoms with Crippen LogP contribution in [0.25, 0.3) is 0 Å². The Morgan fingerprint density at radius 1 is 1.15 bits per heavy atom. The number of anilines is 1. The topological polar surface area (TPSA) is 38.3 Å². The molecule has 1 amide bonds. The number of hydrogen-bond acceptors (Lipinski definition) is 2. The van der Waals surface area contributed by atoms with Crippen molar-refractivity contribution >= 4 is 11.6 Å². The molecular formula is C17H19NO2. The van der Waals surface area contributed by atoms with Gasteiger partial charge in [0.1, 0.15) is 5.75 Å². The van der Waals surface area contributed by atoms with E-state index in [1.54, 1.807) is 0 Å². The smallest absolute Gasteiger partial charge is 0.265 e. The SMILES string of the molecule is CCC(Oc1cccc(C)c1)C(=O)Nc1ccccc1. The Morgan fingerprint density at radius 2 is 1.90 bits per heavy atom. The van der Waals surface area contributed by atoms with Gasteiger partial charge in [-0.05, 0) is 43.2 Å². The van der Waals surface area contributed by atoms with E-state index in [2.05, 4.69) is 5.32 Å². The van der Waals surface area contributed by atoms with Gasteiger partial charge in [0.2, 0.25) is 0 Å². The molecule has 20 heavy (non-hydrogen) atoms. The highest BCUT2D eigenvalue weighted by Gasteiger charge is 2.18. The largest absolute Gasteiger partial charge is 0.481 e. The molecule has 1 unspecified atom stereocenters. The first kappa shape index (κ1) is 14.1. The van der Waals surface area contributed by atoms with Gasteiger partial charge in [-0.15, -0.1) is 0 Å². The number of ether oxygens (including phenoxy) is 1. The minimum atomic E-state index is -0.489. The molecule has 1 N–H and O–H groups in total. The van der Waals surface area contributed by atoms with Crippen LogP contribution in [-0.2, 0) is 4.79 Å². The lowest BCUT2D eigenvalue weighted by Crippen LogP contribution is -2.32. The monoisotopic (exact) mass is 269 g/mol. The maximum atomic E-state index is 12.2. The van der Waals surface area contributed by atoms with Gasteiger partial charge >= 0.3 is 0 Å². The number of para-hydroxylation sites is 1. The average Bonchev–Trinajstić information content (AvgIpc) is 2.46. The van der Waals surface area contributed by atoms with E-state index in [9.17, 15) is 4.79 Å². The van der Waals surface area contributed by atoms with Crippen molar-refractivity contribution in [3.8, 4) is 5.75 Å². The summed E-state index contributed by atoms with van der Waals surface area (Å²) in [5.74, 6) is 0.597. The van der Waals surface area contributed by atoms with Gasteiger partial charge in [-0.3, -0.25) is 4.79 Å². The number of aryl methyl sites for hydroxylation is 1. The zero-order valence-electron chi connectivity index (χ0n) is 11.8. The average molecular weight is 269 g/mol. The Hall–Kier alpha value is -2.29. The summed E-state index contributed by atoms with van der Waals surface area (Å²) in [6.45, 7) is 3.93. The second kappa shape index (κ2) is 6.75. The van der Waals surface area contributed by atoms with E-state index < -0.39 is 6.10 Å². The minimum Gasteiger partial charge on any atom is -0.481 e. The fraction of sp³-hybridized carbons (Fsp3) is 0.235. The summed E-state index contributed by atoms with van der Waals surface area (Å²) in [7, 11) is 0. The lowest BCUT2D eigenvalue weighted by Gasteiger charge is -2.17. The van der Waals surface area contributed by atoms with Gasteiger partial charge in [0.25, 0.3) is 5.91 Å². The van der Waals surface area contributed by atoms with Crippen LogP contribution in [-0.4, -0.2) is 12.0 Å². The third-order valence-electron chi connectivity index (χ3n) is 2.97. The van der Waals surface area contributed by atoms with Gasteiger partial charge in [-0.2, -0.15) is 0 Å². The van der Waals surface area contributed by atoms with Crippen molar-refractivity contribution in [1.29, 1.82) is 0 Å². The van der Waals surface area contributed by atoms with Crippen LogP contribution in [0.5, 0.6) is 5.75 Å². The van der Waals surface area contributed by atoms with Crippen molar-refractivity contribution in [2.24, 2.45) is 0 Å². The van der Waals surface area contributed by atoms with Crippen LogP contribution in [0, 0.1) is 6.92 Å². The third kappa shape index (κ3) is 3.85. The number of benzene rings is 2. The molecule has 0 aliphatic rings. The van der Waals surface area contributed by atoms with Crippen LogP contribution in [0.1, 0.15) is 18.9 Å². The zero-order valence-corrected chi connectivity index (χ0v) is 11.8. The van der Waals surface area contributed by atoms with Crippen molar-refractivity contribution in [2.45, 2.75) is 26.4 Å². The summed E-state index contributed by atoms with van der Waals surface area (Å²) >= 11 is 0. The number of hydrogen-bond donors (Lipinski definition) is 1. The maximum Gasteiger partial charge on any atom is 0.265 e. The number of carbonyl (C=O) groups excluding carboxylic acids is 1. The van der Waals surface area contributed by atoms with E-state index in [1.165, 1.54) is 0 Å². The summed E-state index contributed by atoms with van der Waals surface area (Å²) < 4.78 is 5.77. The van der Waals surface area contributed by atoms with E-state index in [0.717, 1.165) is 17.0 Å². The molecule has 0 heterocycles. The van der Waals surface area contributed by atoms with Crippen LogP contribution in [0.2, 0.25) is 0 Å². The molecule has 0 radical (unpaired) electrons. The fourth-order valence-corrected chi connectivity index (χ4v) is 1.92. The van der Waals surface area contributed by atoms with Crippen molar-refractivity contribution in [3.63, 3.8) is 0 Å². The highest BCUT2D eigenvalue weighted by molar-refractivity contribution is 5.94. The molecule has 0 aliphatic carbocycles. The fourth-order valence-electron chi connectivity index (χ4n) is 1.92. The number of rotatable bonds is 5. The summed E-state index contributed by atoms with van der Waals surface area (Å²) in [5.41, 5.74) is 1.89. The normalized spacial score (nSPS) is 11.7. The van der Waals surface area contributed by atoms with Crippen LogP contribution in [0.3, 0.4) is 0 Å². The van der Waals surface area contributed by atoms with E-state index in [1.807, 2.05) is 68.4 Å². The van der Waals surface area contributed by atoms with Crippen LogP contribution in [0.15, 0.2) is 54.6 Å². The standard InChI is InChI=1S/C17H19NO2/c1-3-16(20-15-11-7-8-13(2)12-15)17(19)18-14-9-5-4-6-10-14/h4-12,16H,3H2,1-2H3,(H,18,19). The first-order chi connectivity index (χ1) is 9.69. The van der Waals surface area contributed by atoms with Crippen LogP contribution >= 0.6 is 0 Å². The van der Waals surface area contributed by atoms with E-state index in [-0.39, 0.29) is 5.91 Å². The lowest BCUT2D eigenvalue weighted by atomic mass is 10.2. The first-order valence-corrected chi connectivity index (χ1v) is 6.78. The van der Waals surface area contributed by atoms with E-state index in [0.29, 0.717) is 6.42 Å². The molecule has 2 rings (SSSR count). The van der Waals surface area contributed by atoms with Crippen molar-refractivity contribution in [1.82, 2.24) is 0 Å². The summed E-state index contributed by atoms with van der Waals surface area (Å²) in [6, 6.07) is 17.1. The van der Waals surface area contributed by atoms with Gasteiger partial charge in [-0.1, -0.05) is 37.3 Å². The van der Waals surface area contributed by atoms with Gasteiger partial charge < -0.3 is 10.1 Å². The zero-order chi connectivity index (χ0) is 14.4. The quantitative estimate of drug-likeness (QED) is 0.896. The Morgan fingerprint density at radius 3 is 2.55 bits per heavy atom. The van der Waals surface area contributed by atoms with Crippen molar-refractivity contribution in [3.05, 3.63) is 60.2 Å².